The van der Waals surface area contributed by atoms with Gasteiger partial charge in [-0.3, -0.25) is 0 Å². The summed E-state index contributed by atoms with van der Waals surface area (Å²) in [4.78, 5) is 3.25. The second-order valence-corrected chi connectivity index (χ2v) is 5.50. The summed E-state index contributed by atoms with van der Waals surface area (Å²) >= 11 is 5.46. The van der Waals surface area contributed by atoms with E-state index in [2.05, 4.69) is 46.8 Å². The third-order valence-electron chi connectivity index (χ3n) is 3.86. The molecule has 0 bridgehead atoms. The van der Waals surface area contributed by atoms with E-state index < -0.39 is 0 Å². The van der Waals surface area contributed by atoms with E-state index in [1.165, 1.54) is 11.1 Å². The van der Waals surface area contributed by atoms with E-state index in [9.17, 15) is 0 Å². The highest BCUT2D eigenvalue weighted by Crippen LogP contribution is 2.24. The molecule has 1 heterocycles. The fourth-order valence-electron chi connectivity index (χ4n) is 2.67. The van der Waals surface area contributed by atoms with Crippen LogP contribution in [0.5, 0.6) is 5.75 Å². The Balaban J connectivity index is 1.96. The number of hydrogen-bond donors (Lipinski definition) is 1. The molecule has 1 N–H and O–H groups in total. The van der Waals surface area contributed by atoms with Crippen molar-refractivity contribution >= 4 is 23.3 Å². The second kappa shape index (κ2) is 5.74. The van der Waals surface area contributed by atoms with Gasteiger partial charge in [0.05, 0.1) is 12.6 Å². The lowest BCUT2D eigenvalue weighted by atomic mass is 10.1. The number of aromatic nitrogens is 2. The quantitative estimate of drug-likeness (QED) is 0.729. The molecular weight excluding hydrogens is 280 g/mol. The number of methoxy groups -OCH3 is 1. The van der Waals surface area contributed by atoms with Gasteiger partial charge in [-0.05, 0) is 48.8 Å². The fourth-order valence-corrected chi connectivity index (χ4v) is 2.96. The molecule has 0 radical (unpaired) electrons. The normalized spacial score (nSPS) is 11.0. The lowest BCUT2D eigenvalue weighted by molar-refractivity contribution is 0.419. The van der Waals surface area contributed by atoms with Gasteiger partial charge in [-0.2, -0.15) is 0 Å². The zero-order chi connectivity index (χ0) is 14.8. The van der Waals surface area contributed by atoms with E-state index in [4.69, 9.17) is 17.0 Å². The van der Waals surface area contributed by atoms with Gasteiger partial charge in [0.1, 0.15) is 11.3 Å². The van der Waals surface area contributed by atoms with E-state index in [1.54, 1.807) is 7.11 Å². The van der Waals surface area contributed by atoms with E-state index in [1.807, 2.05) is 12.1 Å². The van der Waals surface area contributed by atoms with Crippen LogP contribution in [0, 0.1) is 11.7 Å². The molecule has 3 nitrogen and oxygen atoms in total. The number of nitrogens with one attached hydrogen (secondary N) is 1. The molecule has 4 heteroatoms. The number of H-pyrrole nitrogens is 1. The van der Waals surface area contributed by atoms with Crippen LogP contribution in [0.4, 0.5) is 0 Å². The smallest absolute Gasteiger partial charge is 0.178 e. The van der Waals surface area contributed by atoms with Crippen LogP contribution in [-0.4, -0.2) is 16.7 Å². The predicted molar refractivity (Wildman–Crippen MR) is 88.6 cm³/mol. The number of para-hydroxylation sites is 1. The molecular formula is C17H18N2OS. The SMILES string of the molecule is COc1cccc2c1[nH]c(=S)n2CCc1ccccc1C. The summed E-state index contributed by atoms with van der Waals surface area (Å²) < 4.78 is 8.26. The first-order valence-electron chi connectivity index (χ1n) is 7.00. The van der Waals surface area contributed by atoms with Crippen LogP contribution in [0.1, 0.15) is 11.1 Å². The minimum atomic E-state index is 0.739. The molecule has 21 heavy (non-hydrogen) atoms. The molecule has 0 unspecified atom stereocenters. The Morgan fingerprint density at radius 3 is 2.71 bits per heavy atom. The first-order chi connectivity index (χ1) is 10.2. The van der Waals surface area contributed by atoms with Crippen molar-refractivity contribution in [2.24, 2.45) is 0 Å². The number of hydrogen-bond acceptors (Lipinski definition) is 2. The molecule has 0 aliphatic heterocycles. The van der Waals surface area contributed by atoms with Crippen LogP contribution < -0.4 is 4.74 Å². The van der Waals surface area contributed by atoms with Crippen molar-refractivity contribution in [3.63, 3.8) is 0 Å². The molecule has 0 atom stereocenters. The summed E-state index contributed by atoms with van der Waals surface area (Å²) in [6.45, 7) is 3.00. The Morgan fingerprint density at radius 1 is 1.14 bits per heavy atom. The number of nitrogens with zero attached hydrogens (tertiary/aromatic N) is 1. The molecule has 0 saturated heterocycles. The van der Waals surface area contributed by atoms with Crippen LogP contribution in [0.25, 0.3) is 11.0 Å². The maximum absolute atomic E-state index is 5.46. The monoisotopic (exact) mass is 298 g/mol. The van der Waals surface area contributed by atoms with E-state index >= 15 is 0 Å². The lowest BCUT2D eigenvalue weighted by Gasteiger charge is -2.08. The first-order valence-corrected chi connectivity index (χ1v) is 7.41. The second-order valence-electron chi connectivity index (χ2n) is 5.11. The summed E-state index contributed by atoms with van der Waals surface area (Å²) in [5.41, 5.74) is 4.74. The number of aryl methyl sites for hydroxylation is 3. The highest BCUT2D eigenvalue weighted by Gasteiger charge is 2.09. The summed E-state index contributed by atoms with van der Waals surface area (Å²) in [7, 11) is 1.68. The number of rotatable bonds is 4. The van der Waals surface area contributed by atoms with Crippen molar-refractivity contribution in [1.29, 1.82) is 0 Å². The fraction of sp³-hybridized carbons (Fsp3) is 0.235. The highest BCUT2D eigenvalue weighted by atomic mass is 32.1. The summed E-state index contributed by atoms with van der Waals surface area (Å²) in [6.07, 6.45) is 0.963. The van der Waals surface area contributed by atoms with Gasteiger partial charge in [-0.15, -0.1) is 0 Å². The largest absolute Gasteiger partial charge is 0.494 e. The van der Waals surface area contributed by atoms with Gasteiger partial charge in [0.25, 0.3) is 0 Å². The van der Waals surface area contributed by atoms with Crippen LogP contribution in [0.3, 0.4) is 0 Å². The number of imidazole rings is 1. The van der Waals surface area contributed by atoms with E-state index in [0.29, 0.717) is 0 Å². The van der Waals surface area contributed by atoms with Gasteiger partial charge >= 0.3 is 0 Å². The highest BCUT2D eigenvalue weighted by molar-refractivity contribution is 7.71. The molecule has 2 aromatic carbocycles. The van der Waals surface area contributed by atoms with Gasteiger partial charge in [-0.1, -0.05) is 30.3 Å². The Hall–Kier alpha value is -2.07. The molecule has 0 aliphatic rings. The van der Waals surface area contributed by atoms with Crippen LogP contribution in [-0.2, 0) is 13.0 Å². The average Bonchev–Trinajstić information content (AvgIpc) is 2.82. The average molecular weight is 298 g/mol. The molecule has 1 aromatic heterocycles. The lowest BCUT2D eigenvalue weighted by Crippen LogP contribution is -2.02. The maximum Gasteiger partial charge on any atom is 0.178 e. The number of fused-ring (bicyclic) bond motifs is 1. The Kier molecular flexibility index (Phi) is 3.80. The van der Waals surface area contributed by atoms with Crippen molar-refractivity contribution in [1.82, 2.24) is 9.55 Å². The molecule has 0 aliphatic carbocycles. The number of benzene rings is 2. The van der Waals surface area contributed by atoms with Gasteiger partial charge in [-0.25, -0.2) is 0 Å². The molecule has 3 aromatic rings. The maximum atomic E-state index is 5.46. The molecule has 0 spiro atoms. The molecule has 0 amide bonds. The zero-order valence-corrected chi connectivity index (χ0v) is 13.0. The minimum Gasteiger partial charge on any atom is -0.494 e. The third-order valence-corrected chi connectivity index (χ3v) is 4.18. The standard InChI is InChI=1S/C17H18N2OS/c1-12-6-3-4-7-13(12)10-11-19-14-8-5-9-15(20-2)16(14)18-17(19)21/h3-9H,10-11H2,1-2H3,(H,18,21). The van der Waals surface area contributed by atoms with Gasteiger partial charge in [0.2, 0.25) is 0 Å². The minimum absolute atomic E-state index is 0.739. The third kappa shape index (κ3) is 2.59. The summed E-state index contributed by atoms with van der Waals surface area (Å²) in [5.74, 6) is 0.827. The van der Waals surface area contributed by atoms with Crippen LogP contribution in [0.2, 0.25) is 0 Å². The zero-order valence-electron chi connectivity index (χ0n) is 12.2. The van der Waals surface area contributed by atoms with Crippen molar-refractivity contribution < 1.29 is 4.74 Å². The van der Waals surface area contributed by atoms with Crippen LogP contribution in [0.15, 0.2) is 42.5 Å². The van der Waals surface area contributed by atoms with Crippen LogP contribution >= 0.6 is 12.2 Å². The summed E-state index contributed by atoms with van der Waals surface area (Å²) in [5, 5.41) is 0. The number of ether oxygens (including phenoxy) is 1. The van der Waals surface area contributed by atoms with Gasteiger partial charge in [0.15, 0.2) is 4.77 Å². The molecule has 0 saturated carbocycles. The van der Waals surface area contributed by atoms with E-state index in [-0.39, 0.29) is 0 Å². The topological polar surface area (TPSA) is 29.9 Å². The number of aromatic amines is 1. The molecule has 108 valence electrons. The summed E-state index contributed by atoms with van der Waals surface area (Å²) in [6, 6.07) is 14.5. The van der Waals surface area contributed by atoms with Gasteiger partial charge in [0, 0.05) is 6.54 Å². The molecule has 0 fully saturated rings. The Labute approximate surface area is 129 Å². The van der Waals surface area contributed by atoms with E-state index in [0.717, 1.165) is 34.5 Å². The first kappa shape index (κ1) is 13.9. The van der Waals surface area contributed by atoms with Gasteiger partial charge < -0.3 is 14.3 Å². The Morgan fingerprint density at radius 2 is 1.95 bits per heavy atom. The predicted octanol–water partition coefficient (Wildman–Crippen LogP) is 4.26. The van der Waals surface area contributed by atoms with Crippen molar-refractivity contribution in [2.75, 3.05) is 7.11 Å². The molecule has 3 rings (SSSR count). The van der Waals surface area contributed by atoms with Crippen molar-refractivity contribution in [2.45, 2.75) is 19.9 Å². The van der Waals surface area contributed by atoms with Crippen molar-refractivity contribution in [3.05, 3.63) is 58.4 Å². The van der Waals surface area contributed by atoms with Crippen molar-refractivity contribution in [3.8, 4) is 5.75 Å². The Bertz CT molecular complexity index is 832.